The number of H-pyrrole nitrogens is 1. The molecule has 0 bridgehead atoms. The van der Waals surface area contributed by atoms with Crippen LogP contribution in [0.15, 0.2) is 91.1 Å². The number of rotatable bonds is 49. The molecule has 18 N–H and O–H groups in total. The molecular weight excluding hydrogens is 1460 g/mol. The van der Waals surface area contributed by atoms with Crippen molar-refractivity contribution in [3.05, 3.63) is 108 Å². The van der Waals surface area contributed by atoms with Crippen molar-refractivity contribution in [2.24, 2.45) is 41.2 Å². The van der Waals surface area contributed by atoms with Crippen LogP contribution in [-0.2, 0) is 86.4 Å². The van der Waals surface area contributed by atoms with Gasteiger partial charge in [0, 0.05) is 36.4 Å². The monoisotopic (exact) mass is 1580 g/mol. The van der Waals surface area contributed by atoms with Gasteiger partial charge in [-0.15, -0.1) is 0 Å². The Hall–Kier alpha value is -9.95. The van der Waals surface area contributed by atoms with Crippen molar-refractivity contribution < 1.29 is 77.3 Å². The van der Waals surface area contributed by atoms with Crippen molar-refractivity contribution in [1.82, 2.24) is 74.1 Å². The number of hydrogen-bond donors (Lipinski definition) is 17. The number of para-hydroxylation sites is 1. The first-order chi connectivity index (χ1) is 53.0. The van der Waals surface area contributed by atoms with Gasteiger partial charge in [0.15, 0.2) is 0 Å². The molecule has 31 nitrogen and oxygen atoms in total. The van der Waals surface area contributed by atoms with Gasteiger partial charge in [-0.3, -0.25) is 67.1 Å². The Labute approximate surface area is 661 Å². The standard InChI is InChI=1S/C80H121N15O16S/c1-15-47(10)66(81)77(107)86-56(32-33-112-14)70(100)94-67(48(11)16-2)78(108)91-58(35-45(6)7)72(102)87-59(36-46(8)9)75(105)95-68(49(12)17-3)79(109)92-61(38-52-28-22-19-23-29-52)73(103)93-63(43-96)76(106)88-57(34-44(4)5)71(101)90-62(39-53-40-82-55-31-25-24-30-54(53)55)74(104)89-60(37-51-26-20-18-21-27-51)69(99)84-41-64(97)83-42-65(98)85-50(13)80(110)111/h18-31,40,44-50,56-63,66-68,82,96H,15-17,32-39,41-43,81H2,1-14H3,(H,83,97)(H,84,99)(H,85,98)(H,86,107)(H,87,102)(H,88,106)(H,89,104)(H,90,101)(H,91,108)(H,92,109)(H,93,103)(H,94,100)(H,95,105)(H,110,111)/t47-,48-,49-,50-,56-,57-,58-,59-,60-,61-,62-,63-,66-,67-,68-/m0/s1. The van der Waals surface area contributed by atoms with Crippen LogP contribution in [0.2, 0.25) is 0 Å². The van der Waals surface area contributed by atoms with E-state index >= 15 is 0 Å². The fourth-order valence-corrected chi connectivity index (χ4v) is 12.6. The summed E-state index contributed by atoms with van der Waals surface area (Å²) in [6.45, 7) is 20.7. The summed E-state index contributed by atoms with van der Waals surface area (Å²) in [5, 5.41) is 55.4. The lowest BCUT2D eigenvalue weighted by Crippen LogP contribution is -2.62. The fourth-order valence-electron chi connectivity index (χ4n) is 12.1. The molecule has 15 atom stereocenters. The number of carboxylic acids is 1. The summed E-state index contributed by atoms with van der Waals surface area (Å²) in [4.78, 5) is 199. The zero-order valence-corrected chi connectivity index (χ0v) is 67.9. The molecule has 0 aliphatic rings. The summed E-state index contributed by atoms with van der Waals surface area (Å²) in [6.07, 6.45) is 4.86. The van der Waals surface area contributed by atoms with E-state index in [4.69, 9.17) is 10.8 Å². The number of thioether (sulfide) groups is 1. The number of aliphatic hydroxyl groups excluding tert-OH is 1. The van der Waals surface area contributed by atoms with Gasteiger partial charge < -0.3 is 90.0 Å². The number of carboxylic acid groups (broad SMARTS) is 1. The summed E-state index contributed by atoms with van der Waals surface area (Å²) in [6, 6.07) is 8.68. The normalized spacial score (nSPS) is 15.4. The second-order valence-corrected chi connectivity index (χ2v) is 31.0. The highest BCUT2D eigenvalue weighted by Crippen LogP contribution is 2.22. The second-order valence-electron chi connectivity index (χ2n) is 30.1. The third-order valence-corrected chi connectivity index (χ3v) is 20.0. The SMILES string of the molecule is CC[C@H](C)[C@H](N)C(=O)N[C@@H](CCSC)C(=O)N[C@H](C(=O)N[C@@H](CC(C)C)C(=O)N[C@@H](CC(C)C)C(=O)N[C@H](C(=O)N[C@@H](Cc1ccccc1)C(=O)N[C@@H](CO)C(=O)N[C@@H](CC(C)C)C(=O)N[C@@H](Cc1c[nH]c2ccccc12)C(=O)N[C@@H](Cc1ccccc1)C(=O)NCC(=O)NCC(=O)N[C@@H](C)C(=O)O)[C@@H](C)CC)[C@@H](C)CC. The van der Waals surface area contributed by atoms with E-state index in [0.717, 1.165) is 0 Å². The van der Waals surface area contributed by atoms with E-state index < -0.39 is 187 Å². The van der Waals surface area contributed by atoms with Crippen molar-refractivity contribution in [2.45, 2.75) is 227 Å². The molecule has 4 aromatic rings. The van der Waals surface area contributed by atoms with Crippen LogP contribution in [0.1, 0.15) is 152 Å². The third-order valence-electron chi connectivity index (χ3n) is 19.4. The molecule has 0 spiro atoms. The van der Waals surface area contributed by atoms with Crippen molar-refractivity contribution >= 4 is 105 Å². The molecule has 0 aliphatic heterocycles. The van der Waals surface area contributed by atoms with E-state index in [1.807, 2.05) is 60.8 Å². The number of aromatic nitrogens is 1. The Bertz CT molecular complexity index is 3770. The number of nitrogens with one attached hydrogen (secondary N) is 14. The number of benzene rings is 3. The minimum absolute atomic E-state index is 0.0446. The van der Waals surface area contributed by atoms with E-state index in [9.17, 15) is 72.2 Å². The second kappa shape index (κ2) is 48.1. The molecule has 1 aromatic heterocycles. The number of aliphatic hydroxyl groups is 1. The molecule has 112 heavy (non-hydrogen) atoms. The van der Waals surface area contributed by atoms with E-state index in [-0.39, 0.29) is 68.6 Å². The Morgan fingerprint density at radius 3 is 1.24 bits per heavy atom. The average Bonchev–Trinajstić information content (AvgIpc) is 1.64. The largest absolute Gasteiger partial charge is 0.480 e. The lowest BCUT2D eigenvalue weighted by molar-refractivity contribution is -0.141. The number of carbonyl (C=O) groups excluding carboxylic acids is 13. The predicted molar refractivity (Wildman–Crippen MR) is 428 cm³/mol. The molecule has 0 unspecified atom stereocenters. The van der Waals surface area contributed by atoms with E-state index in [0.29, 0.717) is 52.6 Å². The number of hydrogen-bond acceptors (Lipinski definition) is 17. The van der Waals surface area contributed by atoms with Gasteiger partial charge in [-0.2, -0.15) is 11.8 Å². The van der Waals surface area contributed by atoms with Gasteiger partial charge in [0.25, 0.3) is 0 Å². The van der Waals surface area contributed by atoms with Crippen LogP contribution in [0.25, 0.3) is 10.9 Å². The summed E-state index contributed by atoms with van der Waals surface area (Å²) < 4.78 is 0. The first kappa shape index (κ1) is 94.4. The topological polar surface area (TPSA) is 478 Å². The maximum Gasteiger partial charge on any atom is 0.325 e. The lowest BCUT2D eigenvalue weighted by Gasteiger charge is -2.31. The molecule has 4 rings (SSSR count). The number of aliphatic carboxylic acids is 1. The smallest absolute Gasteiger partial charge is 0.325 e. The predicted octanol–water partition coefficient (Wildman–Crippen LogP) is 2.21. The van der Waals surface area contributed by atoms with E-state index in [1.165, 1.54) is 18.7 Å². The number of aromatic amines is 1. The van der Waals surface area contributed by atoms with Crippen molar-refractivity contribution in [1.29, 1.82) is 0 Å². The summed E-state index contributed by atoms with van der Waals surface area (Å²) in [5.74, 6) is -12.9. The third kappa shape index (κ3) is 31.7. The highest BCUT2D eigenvalue weighted by Gasteiger charge is 2.39. The molecule has 0 saturated carbocycles. The van der Waals surface area contributed by atoms with Crippen LogP contribution in [0.3, 0.4) is 0 Å². The van der Waals surface area contributed by atoms with Gasteiger partial charge in [-0.05, 0) is 103 Å². The average molecular weight is 1580 g/mol. The Kier molecular flexibility index (Phi) is 40.5. The van der Waals surface area contributed by atoms with Gasteiger partial charge in [0.2, 0.25) is 76.8 Å². The van der Waals surface area contributed by atoms with Crippen LogP contribution < -0.4 is 74.9 Å². The van der Waals surface area contributed by atoms with Crippen LogP contribution in [0, 0.1) is 35.5 Å². The van der Waals surface area contributed by atoms with Gasteiger partial charge >= 0.3 is 5.97 Å². The van der Waals surface area contributed by atoms with Gasteiger partial charge in [0.05, 0.1) is 25.7 Å². The number of fused-ring (bicyclic) bond motifs is 1. The van der Waals surface area contributed by atoms with E-state index in [2.05, 4.69) is 74.1 Å². The van der Waals surface area contributed by atoms with Crippen LogP contribution in [-0.4, -0.2) is 202 Å². The Balaban J connectivity index is 1.61. The first-order valence-electron chi connectivity index (χ1n) is 38.6. The number of amides is 13. The highest BCUT2D eigenvalue weighted by atomic mass is 32.2. The molecule has 0 saturated heterocycles. The molecule has 13 amide bonds. The maximum absolute atomic E-state index is 14.9. The van der Waals surface area contributed by atoms with Crippen LogP contribution in [0.5, 0.6) is 0 Å². The Morgan fingerprint density at radius 1 is 0.411 bits per heavy atom. The molecular formula is C80H121N15O16S. The highest BCUT2D eigenvalue weighted by molar-refractivity contribution is 7.98. The summed E-state index contributed by atoms with van der Waals surface area (Å²) in [7, 11) is 0. The number of nitrogens with two attached hydrogens (primary N) is 1. The van der Waals surface area contributed by atoms with Gasteiger partial charge in [-0.25, -0.2) is 0 Å². The quantitative estimate of drug-likeness (QED) is 0.0301. The number of carbonyl (C=O) groups is 14. The molecule has 1 heterocycles. The van der Waals surface area contributed by atoms with Crippen molar-refractivity contribution in [3.63, 3.8) is 0 Å². The molecule has 32 heteroatoms. The van der Waals surface area contributed by atoms with E-state index in [1.54, 1.807) is 120 Å². The van der Waals surface area contributed by atoms with Gasteiger partial charge in [0.1, 0.15) is 66.5 Å². The van der Waals surface area contributed by atoms with Gasteiger partial charge in [-0.1, -0.05) is 181 Å². The minimum Gasteiger partial charge on any atom is -0.480 e. The molecule has 618 valence electrons. The maximum atomic E-state index is 14.9. The van der Waals surface area contributed by atoms with Crippen molar-refractivity contribution in [2.75, 3.05) is 31.7 Å². The molecule has 0 radical (unpaired) electrons. The fraction of sp³-hybridized carbons (Fsp3) is 0.575. The molecule has 0 aliphatic carbocycles. The summed E-state index contributed by atoms with van der Waals surface area (Å²) >= 11 is 1.47. The molecule has 0 fully saturated rings. The lowest BCUT2D eigenvalue weighted by atomic mass is 9.95. The molecule has 3 aromatic carbocycles. The minimum atomic E-state index is -1.76. The van der Waals surface area contributed by atoms with Crippen molar-refractivity contribution in [3.8, 4) is 0 Å². The zero-order valence-electron chi connectivity index (χ0n) is 67.0. The first-order valence-corrected chi connectivity index (χ1v) is 40.0. The Morgan fingerprint density at radius 2 is 0.786 bits per heavy atom. The zero-order chi connectivity index (χ0) is 83.5. The summed E-state index contributed by atoms with van der Waals surface area (Å²) in [5.41, 5.74) is 8.68. The van der Waals surface area contributed by atoms with Crippen LogP contribution in [0.4, 0.5) is 0 Å². The van der Waals surface area contributed by atoms with Crippen LogP contribution >= 0.6 is 11.8 Å².